The Labute approximate surface area is 130 Å². The van der Waals surface area contributed by atoms with E-state index in [1.54, 1.807) is 6.07 Å². The minimum absolute atomic E-state index is 0.000469. The zero-order valence-electron chi connectivity index (χ0n) is 11.3. The number of hydrogen-bond acceptors (Lipinski definition) is 3. The van der Waals surface area contributed by atoms with Crippen LogP contribution < -0.4 is 10.2 Å². The van der Waals surface area contributed by atoms with E-state index in [0.29, 0.717) is 18.7 Å². The number of hydrogen-bond donors (Lipinski definition) is 2. The second-order valence-electron chi connectivity index (χ2n) is 4.87. The molecule has 1 saturated heterocycles. The Bertz CT molecular complexity index is 720. The van der Waals surface area contributed by atoms with Crippen LogP contribution in [0.1, 0.15) is 16.9 Å². The monoisotopic (exact) mass is 322 g/mol. The second-order valence-corrected chi connectivity index (χ2v) is 5.28. The molecule has 0 spiro atoms. The van der Waals surface area contributed by atoms with Crippen molar-refractivity contribution in [1.82, 2.24) is 15.5 Å². The van der Waals surface area contributed by atoms with Gasteiger partial charge in [0.25, 0.3) is 5.91 Å². The molecular formula is C14H12ClFN4O2. The molecule has 0 bridgehead atoms. The van der Waals surface area contributed by atoms with Crippen LogP contribution in [0.4, 0.5) is 10.1 Å². The van der Waals surface area contributed by atoms with Gasteiger partial charge in [0.2, 0.25) is 5.91 Å². The molecule has 0 saturated carbocycles. The summed E-state index contributed by atoms with van der Waals surface area (Å²) in [5, 5.41) is 8.85. The molecule has 2 aromatic rings. The number of anilines is 1. The van der Waals surface area contributed by atoms with Crippen molar-refractivity contribution in [2.24, 2.45) is 0 Å². The Morgan fingerprint density at radius 2 is 2.27 bits per heavy atom. The van der Waals surface area contributed by atoms with Crippen molar-refractivity contribution in [2.45, 2.75) is 12.5 Å². The highest BCUT2D eigenvalue weighted by Gasteiger charge is 2.34. The maximum atomic E-state index is 13.5. The van der Waals surface area contributed by atoms with Gasteiger partial charge >= 0.3 is 0 Å². The van der Waals surface area contributed by atoms with Crippen LogP contribution in [0.15, 0.2) is 30.5 Å². The fourth-order valence-electron chi connectivity index (χ4n) is 2.34. The molecule has 22 heavy (non-hydrogen) atoms. The van der Waals surface area contributed by atoms with E-state index in [1.165, 1.54) is 29.3 Å². The van der Waals surface area contributed by atoms with Crippen molar-refractivity contribution >= 4 is 29.1 Å². The van der Waals surface area contributed by atoms with E-state index in [-0.39, 0.29) is 16.6 Å². The number of halogens is 2. The van der Waals surface area contributed by atoms with Gasteiger partial charge in [-0.2, -0.15) is 5.10 Å². The molecule has 3 rings (SSSR count). The molecule has 6 nitrogen and oxygen atoms in total. The van der Waals surface area contributed by atoms with Gasteiger partial charge in [-0.15, -0.1) is 0 Å². The van der Waals surface area contributed by atoms with Gasteiger partial charge in [0.15, 0.2) is 0 Å². The molecule has 8 heteroatoms. The van der Waals surface area contributed by atoms with Crippen LogP contribution in [0, 0.1) is 5.82 Å². The third-order valence-corrected chi connectivity index (χ3v) is 3.78. The summed E-state index contributed by atoms with van der Waals surface area (Å²) in [6, 6.07) is 5.05. The third kappa shape index (κ3) is 2.67. The van der Waals surface area contributed by atoms with E-state index < -0.39 is 17.8 Å². The minimum atomic E-state index is -0.644. The van der Waals surface area contributed by atoms with Gasteiger partial charge in [0, 0.05) is 18.4 Å². The average molecular weight is 323 g/mol. The number of benzene rings is 1. The molecule has 1 aromatic carbocycles. The Morgan fingerprint density at radius 3 is 2.95 bits per heavy atom. The molecule has 0 radical (unpaired) electrons. The number of carbonyl (C=O) groups is 2. The Kier molecular flexibility index (Phi) is 3.81. The van der Waals surface area contributed by atoms with E-state index in [1.807, 2.05) is 0 Å². The van der Waals surface area contributed by atoms with Crippen LogP contribution in [0.5, 0.6) is 0 Å². The van der Waals surface area contributed by atoms with Gasteiger partial charge in [0.1, 0.15) is 17.6 Å². The fraction of sp³-hybridized carbons (Fsp3) is 0.214. The van der Waals surface area contributed by atoms with Crippen molar-refractivity contribution in [3.8, 4) is 0 Å². The molecule has 114 valence electrons. The Hall–Kier alpha value is -2.41. The molecule has 1 aliphatic rings. The zero-order valence-corrected chi connectivity index (χ0v) is 12.1. The summed E-state index contributed by atoms with van der Waals surface area (Å²) < 4.78 is 13.5. The van der Waals surface area contributed by atoms with Crippen LogP contribution in [-0.2, 0) is 4.79 Å². The van der Waals surface area contributed by atoms with Crippen LogP contribution in [0.3, 0.4) is 0 Å². The molecule has 2 heterocycles. The standard InChI is InChI=1S/C14H12ClFN4O2/c15-9-2-1-8(7-10(9)16)20-6-4-12(14(20)22)18-13(21)11-3-5-17-19-11/h1-3,5,7,12H,4,6H2,(H,17,19)(H,18,21). The number of H-pyrrole nitrogens is 1. The maximum Gasteiger partial charge on any atom is 0.269 e. The quantitative estimate of drug-likeness (QED) is 0.903. The lowest BCUT2D eigenvalue weighted by Crippen LogP contribution is -2.41. The first-order valence-corrected chi connectivity index (χ1v) is 7.01. The summed E-state index contributed by atoms with van der Waals surface area (Å²) >= 11 is 5.63. The van der Waals surface area contributed by atoms with Crippen LogP contribution in [0.2, 0.25) is 5.02 Å². The summed E-state index contributed by atoms with van der Waals surface area (Å²) in [5.41, 5.74) is 0.703. The molecule has 1 unspecified atom stereocenters. The summed E-state index contributed by atoms with van der Waals surface area (Å²) in [7, 11) is 0. The average Bonchev–Trinajstić information content (AvgIpc) is 3.13. The molecular weight excluding hydrogens is 311 g/mol. The number of rotatable bonds is 3. The first-order valence-electron chi connectivity index (χ1n) is 6.63. The van der Waals surface area contributed by atoms with Gasteiger partial charge in [-0.25, -0.2) is 4.39 Å². The van der Waals surface area contributed by atoms with Crippen molar-refractivity contribution in [3.63, 3.8) is 0 Å². The topological polar surface area (TPSA) is 78.1 Å². The first kappa shape index (κ1) is 14.5. The molecule has 0 aliphatic carbocycles. The van der Waals surface area contributed by atoms with Crippen LogP contribution in [0.25, 0.3) is 0 Å². The molecule has 1 atom stereocenters. The number of carbonyl (C=O) groups excluding carboxylic acids is 2. The summed E-state index contributed by atoms with van der Waals surface area (Å²) in [6.07, 6.45) is 1.90. The van der Waals surface area contributed by atoms with Crippen LogP contribution in [-0.4, -0.2) is 34.6 Å². The lowest BCUT2D eigenvalue weighted by atomic mass is 10.2. The molecule has 2 amide bonds. The lowest BCUT2D eigenvalue weighted by Gasteiger charge is -2.17. The smallest absolute Gasteiger partial charge is 0.269 e. The van der Waals surface area contributed by atoms with Crippen LogP contribution >= 0.6 is 11.6 Å². The second kappa shape index (κ2) is 5.76. The van der Waals surface area contributed by atoms with E-state index >= 15 is 0 Å². The van der Waals surface area contributed by atoms with Gasteiger partial charge in [-0.3, -0.25) is 14.7 Å². The zero-order chi connectivity index (χ0) is 15.7. The number of amides is 2. The number of aromatic amines is 1. The largest absolute Gasteiger partial charge is 0.339 e. The lowest BCUT2D eigenvalue weighted by molar-refractivity contribution is -0.118. The number of aromatic nitrogens is 2. The highest BCUT2D eigenvalue weighted by atomic mass is 35.5. The third-order valence-electron chi connectivity index (χ3n) is 3.47. The van der Waals surface area contributed by atoms with Gasteiger partial charge in [-0.05, 0) is 30.7 Å². The molecule has 1 aromatic heterocycles. The Balaban J connectivity index is 1.72. The maximum absolute atomic E-state index is 13.5. The molecule has 1 fully saturated rings. The first-order chi connectivity index (χ1) is 10.6. The van der Waals surface area contributed by atoms with E-state index in [9.17, 15) is 14.0 Å². The van der Waals surface area contributed by atoms with Gasteiger partial charge in [0.05, 0.1) is 5.02 Å². The highest BCUT2D eigenvalue weighted by molar-refractivity contribution is 6.30. The summed E-state index contributed by atoms with van der Waals surface area (Å²) in [5.74, 6) is -1.27. The SMILES string of the molecule is O=C(NC1CCN(c2ccc(Cl)c(F)c2)C1=O)c1ccn[nH]1. The van der Waals surface area contributed by atoms with Crippen molar-refractivity contribution < 1.29 is 14.0 Å². The highest BCUT2D eigenvalue weighted by Crippen LogP contribution is 2.25. The number of nitrogens with one attached hydrogen (secondary N) is 2. The van der Waals surface area contributed by atoms with Crippen molar-refractivity contribution in [2.75, 3.05) is 11.4 Å². The van der Waals surface area contributed by atoms with Crippen molar-refractivity contribution in [1.29, 1.82) is 0 Å². The van der Waals surface area contributed by atoms with Gasteiger partial charge < -0.3 is 10.2 Å². The predicted octanol–water partition coefficient (Wildman–Crippen LogP) is 1.74. The Morgan fingerprint density at radius 1 is 1.45 bits per heavy atom. The summed E-state index contributed by atoms with van der Waals surface area (Å²) in [4.78, 5) is 25.7. The van der Waals surface area contributed by atoms with E-state index in [4.69, 9.17) is 11.6 Å². The minimum Gasteiger partial charge on any atom is -0.339 e. The van der Waals surface area contributed by atoms with Gasteiger partial charge in [-0.1, -0.05) is 11.6 Å². The number of nitrogens with zero attached hydrogens (tertiary/aromatic N) is 2. The molecule has 1 aliphatic heterocycles. The predicted molar refractivity (Wildman–Crippen MR) is 78.2 cm³/mol. The van der Waals surface area contributed by atoms with E-state index in [0.717, 1.165) is 0 Å². The van der Waals surface area contributed by atoms with Crippen molar-refractivity contribution in [3.05, 3.63) is 47.0 Å². The van der Waals surface area contributed by atoms with E-state index in [2.05, 4.69) is 15.5 Å². The summed E-state index contributed by atoms with van der Waals surface area (Å²) in [6.45, 7) is 0.397. The molecule has 2 N–H and O–H groups in total. The normalized spacial score (nSPS) is 17.8. The fourth-order valence-corrected chi connectivity index (χ4v) is 2.46.